The predicted molar refractivity (Wildman–Crippen MR) is 49.3 cm³/mol. The maximum Gasteiger partial charge on any atom is 0.322 e. The maximum atomic E-state index is 10.3. The minimum Gasteiger partial charge on any atom is -0.395 e. The average Bonchev–Trinajstić information content (AvgIpc) is 2.20. The molecule has 0 fully saturated rings. The molecule has 0 heterocycles. The van der Waals surface area contributed by atoms with Crippen LogP contribution in [0.3, 0.4) is 0 Å². The van der Waals surface area contributed by atoms with E-state index in [9.17, 15) is 15.2 Å². The molecule has 0 amide bonds. The molecule has 0 bridgehead atoms. The molecule has 5 heteroatoms. The van der Waals surface area contributed by atoms with Gasteiger partial charge in [0, 0.05) is 0 Å². The summed E-state index contributed by atoms with van der Waals surface area (Å²) >= 11 is 0. The van der Waals surface area contributed by atoms with E-state index in [1.54, 1.807) is 30.3 Å². The van der Waals surface area contributed by atoms with E-state index in [0.29, 0.717) is 5.56 Å². The van der Waals surface area contributed by atoms with E-state index >= 15 is 0 Å². The predicted octanol–water partition coefficient (Wildman–Crippen LogP) is 0.358. The van der Waals surface area contributed by atoms with Crippen LogP contribution in [0.5, 0.6) is 0 Å². The summed E-state index contributed by atoms with van der Waals surface area (Å²) in [6.45, 7) is -0.452. The molecule has 2 N–H and O–H groups in total. The standard InChI is InChI=1S/C9H11NO4/c11-6-8(9(12)10(13)14)7-4-2-1-3-5-7/h1-5,8-9,11-12H,6H2. The molecule has 14 heavy (non-hydrogen) atoms. The van der Waals surface area contributed by atoms with Crippen molar-refractivity contribution in [1.82, 2.24) is 0 Å². The summed E-state index contributed by atoms with van der Waals surface area (Å²) in [5.41, 5.74) is 0.555. The Labute approximate surface area is 80.8 Å². The van der Waals surface area contributed by atoms with Crippen LogP contribution in [0.25, 0.3) is 0 Å². The molecule has 0 radical (unpaired) electrons. The second-order valence-corrected chi connectivity index (χ2v) is 2.90. The highest BCUT2D eigenvalue weighted by Crippen LogP contribution is 2.19. The summed E-state index contributed by atoms with van der Waals surface area (Å²) in [5, 5.41) is 28.4. The van der Waals surface area contributed by atoms with Gasteiger partial charge in [-0.1, -0.05) is 30.3 Å². The van der Waals surface area contributed by atoms with Gasteiger partial charge < -0.3 is 10.2 Å². The number of aliphatic hydroxyl groups excluding tert-OH is 2. The van der Waals surface area contributed by atoms with Crippen molar-refractivity contribution in [1.29, 1.82) is 0 Å². The van der Waals surface area contributed by atoms with Crippen LogP contribution in [0.4, 0.5) is 0 Å². The molecule has 0 aromatic heterocycles. The van der Waals surface area contributed by atoms with Crippen LogP contribution in [-0.2, 0) is 0 Å². The monoisotopic (exact) mass is 197 g/mol. The smallest absolute Gasteiger partial charge is 0.322 e. The number of rotatable bonds is 4. The fourth-order valence-electron chi connectivity index (χ4n) is 1.22. The largest absolute Gasteiger partial charge is 0.395 e. The number of hydrogen-bond donors (Lipinski definition) is 2. The van der Waals surface area contributed by atoms with E-state index in [1.165, 1.54) is 0 Å². The number of nitrogens with zero attached hydrogens (tertiary/aromatic N) is 1. The van der Waals surface area contributed by atoms with Crippen molar-refractivity contribution in [3.05, 3.63) is 46.0 Å². The second-order valence-electron chi connectivity index (χ2n) is 2.90. The molecular formula is C9H11NO4. The van der Waals surface area contributed by atoms with Gasteiger partial charge in [0.15, 0.2) is 0 Å². The van der Waals surface area contributed by atoms with Gasteiger partial charge in [0.25, 0.3) is 0 Å². The molecule has 2 atom stereocenters. The summed E-state index contributed by atoms with van der Waals surface area (Å²) in [6.07, 6.45) is -1.76. The van der Waals surface area contributed by atoms with Gasteiger partial charge in [0.1, 0.15) is 5.92 Å². The molecule has 1 rings (SSSR count). The van der Waals surface area contributed by atoms with Crippen molar-refractivity contribution in [2.24, 2.45) is 0 Å². The Balaban J connectivity index is 2.87. The van der Waals surface area contributed by atoms with E-state index in [1.807, 2.05) is 0 Å². The normalized spacial score (nSPS) is 14.7. The van der Waals surface area contributed by atoms with Crippen molar-refractivity contribution in [3.63, 3.8) is 0 Å². The molecule has 1 aromatic carbocycles. The van der Waals surface area contributed by atoms with Gasteiger partial charge in [-0.3, -0.25) is 10.1 Å². The Bertz CT molecular complexity index is 301. The van der Waals surface area contributed by atoms with Gasteiger partial charge >= 0.3 is 6.23 Å². The third-order valence-corrected chi connectivity index (χ3v) is 2.00. The number of benzene rings is 1. The van der Waals surface area contributed by atoms with Gasteiger partial charge in [-0.05, 0) is 5.56 Å². The fraction of sp³-hybridized carbons (Fsp3) is 0.333. The Hall–Kier alpha value is -1.46. The third kappa shape index (κ3) is 2.27. The molecule has 0 aliphatic heterocycles. The minimum absolute atomic E-state index is 0.452. The lowest BCUT2D eigenvalue weighted by Crippen LogP contribution is -2.29. The first kappa shape index (κ1) is 10.6. The van der Waals surface area contributed by atoms with Gasteiger partial charge in [0.05, 0.1) is 11.5 Å². The summed E-state index contributed by atoms with van der Waals surface area (Å²) in [4.78, 5) is 9.51. The zero-order valence-electron chi connectivity index (χ0n) is 7.41. The Morgan fingerprint density at radius 1 is 1.36 bits per heavy atom. The van der Waals surface area contributed by atoms with Crippen molar-refractivity contribution in [2.75, 3.05) is 6.61 Å². The first-order valence-electron chi connectivity index (χ1n) is 4.14. The summed E-state index contributed by atoms with van der Waals surface area (Å²) < 4.78 is 0. The Morgan fingerprint density at radius 2 is 1.93 bits per heavy atom. The molecule has 0 saturated heterocycles. The zero-order chi connectivity index (χ0) is 10.6. The molecule has 76 valence electrons. The Kier molecular flexibility index (Phi) is 3.55. The highest BCUT2D eigenvalue weighted by molar-refractivity contribution is 5.19. The highest BCUT2D eigenvalue weighted by atomic mass is 16.7. The van der Waals surface area contributed by atoms with Gasteiger partial charge in [-0.2, -0.15) is 0 Å². The van der Waals surface area contributed by atoms with E-state index in [4.69, 9.17) is 5.11 Å². The highest BCUT2D eigenvalue weighted by Gasteiger charge is 2.29. The van der Waals surface area contributed by atoms with Crippen LogP contribution in [0.2, 0.25) is 0 Å². The SMILES string of the molecule is O=[N+]([O-])C(O)C(CO)c1ccccc1. The van der Waals surface area contributed by atoms with Crippen LogP contribution in [0.1, 0.15) is 11.5 Å². The number of aliphatic hydroxyl groups is 2. The molecular weight excluding hydrogens is 186 g/mol. The number of hydrogen-bond acceptors (Lipinski definition) is 4. The second kappa shape index (κ2) is 4.69. The van der Waals surface area contributed by atoms with Crippen LogP contribution in [0.15, 0.2) is 30.3 Å². The zero-order valence-corrected chi connectivity index (χ0v) is 7.41. The topological polar surface area (TPSA) is 83.6 Å². The molecule has 0 saturated carbocycles. The molecule has 2 unspecified atom stereocenters. The van der Waals surface area contributed by atoms with Crippen LogP contribution >= 0.6 is 0 Å². The molecule has 0 spiro atoms. The van der Waals surface area contributed by atoms with E-state index in [-0.39, 0.29) is 0 Å². The summed E-state index contributed by atoms with van der Waals surface area (Å²) in [5.74, 6) is -0.869. The maximum absolute atomic E-state index is 10.3. The van der Waals surface area contributed by atoms with Crippen LogP contribution in [-0.4, -0.2) is 28.0 Å². The first-order valence-corrected chi connectivity index (χ1v) is 4.14. The quantitative estimate of drug-likeness (QED) is 0.414. The summed E-state index contributed by atoms with van der Waals surface area (Å²) in [6, 6.07) is 8.42. The van der Waals surface area contributed by atoms with Crippen molar-refractivity contribution >= 4 is 0 Å². The van der Waals surface area contributed by atoms with Gasteiger partial charge in [-0.15, -0.1) is 0 Å². The van der Waals surface area contributed by atoms with Gasteiger partial charge in [-0.25, -0.2) is 0 Å². The fourth-order valence-corrected chi connectivity index (χ4v) is 1.22. The molecule has 0 aliphatic rings. The van der Waals surface area contributed by atoms with E-state index in [2.05, 4.69) is 0 Å². The number of nitro groups is 1. The Morgan fingerprint density at radius 3 is 2.36 bits per heavy atom. The lowest BCUT2D eigenvalue weighted by molar-refractivity contribution is -0.575. The molecule has 5 nitrogen and oxygen atoms in total. The minimum atomic E-state index is -1.76. The van der Waals surface area contributed by atoms with Crippen LogP contribution < -0.4 is 0 Å². The van der Waals surface area contributed by atoms with Crippen molar-refractivity contribution < 1.29 is 15.1 Å². The molecule has 0 aliphatic carbocycles. The van der Waals surface area contributed by atoms with Crippen molar-refractivity contribution in [2.45, 2.75) is 12.1 Å². The third-order valence-electron chi connectivity index (χ3n) is 2.00. The van der Waals surface area contributed by atoms with Crippen LogP contribution in [0, 0.1) is 10.1 Å². The summed E-state index contributed by atoms with van der Waals surface area (Å²) in [7, 11) is 0. The first-order chi connectivity index (χ1) is 6.66. The van der Waals surface area contributed by atoms with E-state index in [0.717, 1.165) is 0 Å². The molecule has 1 aromatic rings. The van der Waals surface area contributed by atoms with Crippen molar-refractivity contribution in [3.8, 4) is 0 Å². The average molecular weight is 197 g/mol. The van der Waals surface area contributed by atoms with E-state index < -0.39 is 23.7 Å². The lowest BCUT2D eigenvalue weighted by atomic mass is 9.99. The van der Waals surface area contributed by atoms with Gasteiger partial charge in [0.2, 0.25) is 0 Å². The lowest BCUT2D eigenvalue weighted by Gasteiger charge is -2.14.